The van der Waals surface area contributed by atoms with Crippen molar-refractivity contribution < 1.29 is 54.1 Å². The van der Waals surface area contributed by atoms with Gasteiger partial charge in [-0.1, -0.05) is 0 Å². The Labute approximate surface area is 185 Å². The molecule has 0 radical (unpaired) electrons. The molecule has 0 saturated carbocycles. The number of ether oxygens (including phenoxy) is 4. The number of aliphatic hydroxyl groups is 5. The minimum Gasteiger partial charge on any atom is -0.394 e. The molecule has 0 aromatic carbocycles. The summed E-state index contributed by atoms with van der Waals surface area (Å²) < 4.78 is 22.7. The first-order valence-electron chi connectivity index (χ1n) is 10.5. The van der Waals surface area contributed by atoms with Crippen LogP contribution >= 0.6 is 0 Å². The number of amides is 2. The summed E-state index contributed by atoms with van der Waals surface area (Å²) in [4.78, 5) is 23.3. The molecule has 7 N–H and O–H groups in total. The van der Waals surface area contributed by atoms with Crippen molar-refractivity contribution in [2.75, 3.05) is 19.8 Å². The highest BCUT2D eigenvalue weighted by Crippen LogP contribution is 2.30. The fourth-order valence-corrected chi connectivity index (χ4v) is 3.98. The molecule has 13 nitrogen and oxygen atoms in total. The number of carbonyl (C=O) groups is 2. The van der Waals surface area contributed by atoms with Gasteiger partial charge in [-0.15, -0.1) is 0 Å². The van der Waals surface area contributed by atoms with E-state index in [0.717, 1.165) is 0 Å². The van der Waals surface area contributed by atoms with Crippen molar-refractivity contribution in [2.45, 2.75) is 88.5 Å². The molecule has 2 aliphatic rings. The van der Waals surface area contributed by atoms with Crippen LogP contribution in [0, 0.1) is 0 Å². The minimum absolute atomic E-state index is 0.0471. The topological polar surface area (TPSA) is 196 Å². The van der Waals surface area contributed by atoms with Crippen molar-refractivity contribution >= 4 is 11.8 Å². The molecule has 5 unspecified atom stereocenters. The SMILES string of the molecule is CC(=O)NC1C[C@H](O[C@H](O)CO)C(CO)O[C@H]1O[C@@H]1C(CO)O[C@@H](C)C(NC(C)=O)C1O. The van der Waals surface area contributed by atoms with E-state index in [1.54, 1.807) is 6.92 Å². The average molecular weight is 466 g/mol. The summed E-state index contributed by atoms with van der Waals surface area (Å²) >= 11 is 0. The second-order valence-electron chi connectivity index (χ2n) is 7.96. The highest BCUT2D eigenvalue weighted by molar-refractivity contribution is 5.73. The molecule has 0 aromatic rings. The van der Waals surface area contributed by atoms with Gasteiger partial charge < -0.3 is 55.1 Å². The standard InChI is InChI=1S/C19H34N2O11/c1-8-16(21-10(3)26)17(28)18(14(6-23)29-8)32-19-11(20-9(2)25)4-12(13(5-22)31-19)30-15(27)7-24/h8,11-19,22-24,27-28H,4-7H2,1-3H3,(H,20,25)(H,21,26)/t8-,11?,12-,13?,14?,15-,16?,17?,18+,19-/m0/s1. The van der Waals surface area contributed by atoms with Crippen LogP contribution in [-0.4, -0.2) is 118 Å². The van der Waals surface area contributed by atoms with Crippen LogP contribution in [0.1, 0.15) is 27.2 Å². The molecule has 2 aliphatic heterocycles. The third-order valence-electron chi connectivity index (χ3n) is 5.40. The third-order valence-corrected chi connectivity index (χ3v) is 5.40. The summed E-state index contributed by atoms with van der Waals surface area (Å²) in [6, 6.07) is -1.65. The number of nitrogens with one attached hydrogen (secondary N) is 2. The van der Waals surface area contributed by atoms with Gasteiger partial charge in [0.25, 0.3) is 0 Å². The Hall–Kier alpha value is -1.42. The molecule has 32 heavy (non-hydrogen) atoms. The van der Waals surface area contributed by atoms with Gasteiger partial charge in [-0.3, -0.25) is 9.59 Å². The van der Waals surface area contributed by atoms with Crippen molar-refractivity contribution in [3.63, 3.8) is 0 Å². The third kappa shape index (κ3) is 6.79. The Kier molecular flexibility index (Phi) is 10.2. The lowest BCUT2D eigenvalue weighted by Gasteiger charge is -2.47. The zero-order valence-corrected chi connectivity index (χ0v) is 18.3. The predicted molar refractivity (Wildman–Crippen MR) is 106 cm³/mol. The summed E-state index contributed by atoms with van der Waals surface area (Å²) in [6.07, 6.45) is -8.51. The lowest BCUT2D eigenvalue weighted by Crippen LogP contribution is -2.66. The van der Waals surface area contributed by atoms with Gasteiger partial charge in [0, 0.05) is 20.3 Å². The molecule has 2 rings (SSSR count). The lowest BCUT2D eigenvalue weighted by molar-refractivity contribution is -0.311. The first kappa shape index (κ1) is 26.8. The van der Waals surface area contributed by atoms with Crippen LogP contribution in [0.3, 0.4) is 0 Å². The Bertz CT molecular complexity index is 624. The quantitative estimate of drug-likeness (QED) is 0.165. The fraction of sp³-hybridized carbons (Fsp3) is 0.895. The molecular formula is C19H34N2O11. The zero-order chi connectivity index (χ0) is 24.0. The molecule has 2 heterocycles. The van der Waals surface area contributed by atoms with Gasteiger partial charge in [0.05, 0.1) is 44.1 Å². The molecule has 10 atom stereocenters. The molecule has 0 aliphatic carbocycles. The van der Waals surface area contributed by atoms with E-state index < -0.39 is 92.9 Å². The fourth-order valence-electron chi connectivity index (χ4n) is 3.98. The molecule has 2 saturated heterocycles. The molecule has 0 spiro atoms. The van der Waals surface area contributed by atoms with Crippen LogP contribution in [0.4, 0.5) is 0 Å². The minimum atomic E-state index is -1.51. The number of aliphatic hydroxyl groups excluding tert-OH is 5. The Morgan fingerprint density at radius 3 is 2.22 bits per heavy atom. The smallest absolute Gasteiger partial charge is 0.217 e. The Morgan fingerprint density at radius 1 is 1.06 bits per heavy atom. The van der Waals surface area contributed by atoms with E-state index in [1.807, 2.05) is 0 Å². The molecule has 2 amide bonds. The maximum Gasteiger partial charge on any atom is 0.217 e. The van der Waals surface area contributed by atoms with Gasteiger partial charge in [-0.2, -0.15) is 0 Å². The second-order valence-corrected chi connectivity index (χ2v) is 7.96. The van der Waals surface area contributed by atoms with E-state index in [4.69, 9.17) is 24.1 Å². The van der Waals surface area contributed by atoms with Crippen molar-refractivity contribution in [1.29, 1.82) is 0 Å². The summed E-state index contributed by atoms with van der Waals surface area (Å²) in [6.45, 7) is 2.51. The van der Waals surface area contributed by atoms with Crippen LogP contribution in [0.2, 0.25) is 0 Å². The van der Waals surface area contributed by atoms with Crippen molar-refractivity contribution in [3.8, 4) is 0 Å². The maximum atomic E-state index is 11.7. The lowest BCUT2D eigenvalue weighted by atomic mass is 9.92. The van der Waals surface area contributed by atoms with Gasteiger partial charge in [0.2, 0.25) is 11.8 Å². The Morgan fingerprint density at radius 2 is 1.69 bits per heavy atom. The summed E-state index contributed by atoms with van der Waals surface area (Å²) in [7, 11) is 0. The first-order valence-corrected chi connectivity index (χ1v) is 10.5. The van der Waals surface area contributed by atoms with E-state index in [-0.39, 0.29) is 6.42 Å². The summed E-state index contributed by atoms with van der Waals surface area (Å²) in [5.41, 5.74) is 0. The van der Waals surface area contributed by atoms with Gasteiger partial charge in [0.1, 0.15) is 24.4 Å². The zero-order valence-electron chi connectivity index (χ0n) is 18.3. The van der Waals surface area contributed by atoms with E-state index in [2.05, 4.69) is 10.6 Å². The summed E-state index contributed by atoms with van der Waals surface area (Å²) in [5.74, 6) is -0.807. The number of carbonyl (C=O) groups excluding carboxylic acids is 2. The van der Waals surface area contributed by atoms with Crippen molar-refractivity contribution in [3.05, 3.63) is 0 Å². The molecule has 186 valence electrons. The normalized spacial score (nSPS) is 38.7. The molecular weight excluding hydrogens is 432 g/mol. The highest BCUT2D eigenvalue weighted by atomic mass is 16.7. The molecule has 13 heteroatoms. The number of hydrogen-bond acceptors (Lipinski definition) is 11. The first-order chi connectivity index (χ1) is 15.1. The molecule has 0 aromatic heterocycles. The van der Waals surface area contributed by atoms with E-state index in [1.165, 1.54) is 13.8 Å². The van der Waals surface area contributed by atoms with Gasteiger partial charge in [0.15, 0.2) is 12.6 Å². The molecule has 2 fully saturated rings. The van der Waals surface area contributed by atoms with Crippen LogP contribution in [0.5, 0.6) is 0 Å². The highest BCUT2D eigenvalue weighted by Gasteiger charge is 2.48. The van der Waals surface area contributed by atoms with Gasteiger partial charge in [-0.25, -0.2) is 0 Å². The van der Waals surface area contributed by atoms with Gasteiger partial charge in [-0.05, 0) is 6.92 Å². The van der Waals surface area contributed by atoms with Crippen molar-refractivity contribution in [1.82, 2.24) is 10.6 Å². The average Bonchev–Trinajstić information content (AvgIpc) is 2.73. The number of rotatable bonds is 9. The Balaban J connectivity index is 2.23. The van der Waals surface area contributed by atoms with E-state index in [9.17, 15) is 30.0 Å². The monoisotopic (exact) mass is 466 g/mol. The van der Waals surface area contributed by atoms with Crippen LogP contribution in [0.15, 0.2) is 0 Å². The second kappa shape index (κ2) is 12.2. The van der Waals surface area contributed by atoms with Crippen LogP contribution in [-0.2, 0) is 28.5 Å². The van der Waals surface area contributed by atoms with E-state index in [0.29, 0.717) is 0 Å². The largest absolute Gasteiger partial charge is 0.394 e. The summed E-state index contributed by atoms with van der Waals surface area (Å²) in [5, 5.41) is 54.2. The van der Waals surface area contributed by atoms with Crippen LogP contribution in [0.25, 0.3) is 0 Å². The number of hydrogen-bond donors (Lipinski definition) is 7. The molecule has 0 bridgehead atoms. The predicted octanol–water partition coefficient (Wildman–Crippen LogP) is -3.68. The van der Waals surface area contributed by atoms with Gasteiger partial charge >= 0.3 is 0 Å². The van der Waals surface area contributed by atoms with Crippen LogP contribution < -0.4 is 10.6 Å². The van der Waals surface area contributed by atoms with Crippen molar-refractivity contribution in [2.24, 2.45) is 0 Å². The maximum absolute atomic E-state index is 11.7. The van der Waals surface area contributed by atoms with E-state index >= 15 is 0 Å².